The van der Waals surface area contributed by atoms with Crippen LogP contribution in [0.3, 0.4) is 0 Å². The van der Waals surface area contributed by atoms with Crippen LogP contribution >= 0.6 is 15.8 Å². The molecule has 4 nitrogen and oxygen atoms in total. The van der Waals surface area contributed by atoms with E-state index in [4.69, 9.17) is 0 Å². The third kappa shape index (κ3) is 5.73. The molecular weight excluding hydrogens is 482 g/mol. The highest BCUT2D eigenvalue weighted by molar-refractivity contribution is 7.67. The van der Waals surface area contributed by atoms with Gasteiger partial charge in [0, 0.05) is 36.3 Å². The molecule has 4 aromatic carbocycles. The van der Waals surface area contributed by atoms with E-state index in [1.54, 1.807) is 0 Å². The molecule has 0 bridgehead atoms. The molecular formula is C30H28N2O2P2. The molecule has 0 radical (unpaired) electrons. The van der Waals surface area contributed by atoms with Crippen LogP contribution in [0.5, 0.6) is 0 Å². The number of hydrogen-bond acceptors (Lipinski definition) is 2. The fraction of sp³-hybridized carbons (Fsp3) is 0.133. The van der Waals surface area contributed by atoms with Crippen molar-refractivity contribution in [2.24, 2.45) is 0 Å². The van der Waals surface area contributed by atoms with Gasteiger partial charge in [0.1, 0.15) is 0 Å². The van der Waals surface area contributed by atoms with Crippen molar-refractivity contribution in [3.63, 3.8) is 0 Å². The lowest BCUT2D eigenvalue weighted by molar-refractivity contribution is 0.0797. The van der Waals surface area contributed by atoms with E-state index in [0.717, 1.165) is 0 Å². The zero-order valence-electron chi connectivity index (χ0n) is 20.0. The average Bonchev–Trinajstić information content (AvgIpc) is 2.94. The summed E-state index contributed by atoms with van der Waals surface area (Å²) in [6.45, 7) is 0. The zero-order chi connectivity index (χ0) is 24.7. The van der Waals surface area contributed by atoms with E-state index >= 15 is 0 Å². The maximum Gasteiger partial charge on any atom is 0.254 e. The Morgan fingerprint density at radius 1 is 0.444 bits per heavy atom. The Bertz CT molecular complexity index is 1170. The van der Waals surface area contributed by atoms with Crippen molar-refractivity contribution in [3.8, 4) is 0 Å². The largest absolute Gasteiger partial charge is 0.330 e. The summed E-state index contributed by atoms with van der Waals surface area (Å²) in [4.78, 5) is 31.5. The van der Waals surface area contributed by atoms with Crippen LogP contribution in [0.1, 0.15) is 20.7 Å². The van der Waals surface area contributed by atoms with Gasteiger partial charge >= 0.3 is 0 Å². The molecule has 0 aromatic heterocycles. The molecule has 0 atom stereocenters. The van der Waals surface area contributed by atoms with Crippen LogP contribution in [0.15, 0.2) is 121 Å². The summed E-state index contributed by atoms with van der Waals surface area (Å²) in [5.74, 6) is 0.121. The molecule has 0 N–H and O–H groups in total. The second-order valence-electron chi connectivity index (χ2n) is 8.74. The molecule has 6 heteroatoms. The number of nitrogens with zero attached hydrogens (tertiary/aromatic N) is 2. The molecule has 0 spiro atoms. The Morgan fingerprint density at radius 3 is 1.03 bits per heavy atom. The van der Waals surface area contributed by atoms with Crippen molar-refractivity contribution < 1.29 is 9.59 Å². The highest BCUT2D eigenvalue weighted by atomic mass is 31.1. The first kappa shape index (κ1) is 24.4. The fourth-order valence-corrected chi connectivity index (χ4v) is 9.29. The second-order valence-corrected chi connectivity index (χ2v) is 13.1. The Balaban J connectivity index is 1.53. The van der Waals surface area contributed by atoms with Gasteiger partial charge < -0.3 is 9.80 Å². The van der Waals surface area contributed by atoms with Gasteiger partial charge in [-0.2, -0.15) is 0 Å². The summed E-state index contributed by atoms with van der Waals surface area (Å²) in [6.07, 6.45) is 2.49. The molecule has 1 saturated heterocycles. The van der Waals surface area contributed by atoms with Gasteiger partial charge in [0.05, 0.1) is 0 Å². The van der Waals surface area contributed by atoms with Crippen molar-refractivity contribution in [2.45, 2.75) is 0 Å². The maximum absolute atomic E-state index is 13.7. The van der Waals surface area contributed by atoms with Crippen LogP contribution < -0.4 is 10.6 Å². The van der Waals surface area contributed by atoms with Gasteiger partial charge in [-0.1, -0.05) is 97.1 Å². The van der Waals surface area contributed by atoms with Gasteiger partial charge in [0.2, 0.25) is 0 Å². The Kier molecular flexibility index (Phi) is 7.86. The van der Waals surface area contributed by atoms with Crippen LogP contribution in [0.25, 0.3) is 0 Å². The summed E-state index contributed by atoms with van der Waals surface area (Å²) >= 11 is 0. The molecule has 0 saturated carbocycles. The van der Waals surface area contributed by atoms with Gasteiger partial charge in [0.25, 0.3) is 11.8 Å². The van der Waals surface area contributed by atoms with E-state index in [2.05, 4.69) is 24.3 Å². The Morgan fingerprint density at radius 2 is 0.722 bits per heavy atom. The minimum atomic E-state index is -0.802. The molecule has 36 heavy (non-hydrogen) atoms. The molecule has 0 aliphatic carbocycles. The lowest BCUT2D eigenvalue weighted by Gasteiger charge is -2.39. The molecule has 180 valence electrons. The predicted octanol–water partition coefficient (Wildman–Crippen LogP) is 5.73. The van der Waals surface area contributed by atoms with Gasteiger partial charge in [0.15, 0.2) is 0 Å². The minimum Gasteiger partial charge on any atom is -0.330 e. The van der Waals surface area contributed by atoms with Gasteiger partial charge in [-0.25, -0.2) is 0 Å². The summed E-state index contributed by atoms with van der Waals surface area (Å²) in [6, 6.07) is 39.8. The topological polar surface area (TPSA) is 40.6 Å². The van der Waals surface area contributed by atoms with E-state index in [9.17, 15) is 9.59 Å². The number of amides is 2. The minimum absolute atomic E-state index is 0.0605. The number of hydrogen-bond donors (Lipinski definition) is 0. The van der Waals surface area contributed by atoms with Crippen LogP contribution in [0.2, 0.25) is 0 Å². The molecule has 1 fully saturated rings. The van der Waals surface area contributed by atoms with E-state index in [0.29, 0.717) is 36.3 Å². The molecule has 1 aliphatic heterocycles. The number of benzene rings is 4. The SMILES string of the molecule is O=C(c1ccccc1)N1CP(c2ccccc2)CN(C(=O)c2ccccc2)CP(c2ccccc2)C1. The third-order valence-electron chi connectivity index (χ3n) is 6.22. The smallest absolute Gasteiger partial charge is 0.254 e. The first-order valence-electron chi connectivity index (χ1n) is 12.0. The Hall–Kier alpha value is -3.32. The van der Waals surface area contributed by atoms with Crippen LogP contribution in [0, 0.1) is 0 Å². The lowest BCUT2D eigenvalue weighted by Crippen LogP contribution is -2.42. The van der Waals surface area contributed by atoms with Crippen LogP contribution in [-0.4, -0.2) is 46.8 Å². The average molecular weight is 511 g/mol. The highest BCUT2D eigenvalue weighted by Crippen LogP contribution is 2.46. The monoisotopic (exact) mass is 510 g/mol. The van der Waals surface area contributed by atoms with E-state index in [1.165, 1.54) is 10.6 Å². The van der Waals surface area contributed by atoms with E-state index in [-0.39, 0.29) is 11.8 Å². The molecule has 4 aromatic rings. The molecule has 1 aliphatic rings. The van der Waals surface area contributed by atoms with Crippen molar-refractivity contribution in [3.05, 3.63) is 132 Å². The zero-order valence-corrected chi connectivity index (χ0v) is 21.8. The summed E-state index contributed by atoms with van der Waals surface area (Å²) in [5, 5.41) is 2.41. The predicted molar refractivity (Wildman–Crippen MR) is 151 cm³/mol. The molecule has 5 rings (SSSR count). The molecule has 2 amide bonds. The molecule has 1 heterocycles. The Labute approximate surface area is 215 Å². The standard InChI is InChI=1S/C30H28N2O2P2/c33-29(25-13-5-1-6-14-25)31-21-35(27-17-9-3-10-18-27)23-32(30(34)26-15-7-2-8-16-26)24-36(22-31)28-19-11-4-12-20-28/h1-20H,21-24H2. The maximum atomic E-state index is 13.7. The van der Waals surface area contributed by atoms with Crippen molar-refractivity contribution in [1.29, 1.82) is 0 Å². The molecule has 0 unspecified atom stereocenters. The second kappa shape index (κ2) is 11.6. The van der Waals surface area contributed by atoms with Gasteiger partial charge in [-0.15, -0.1) is 0 Å². The first-order chi connectivity index (χ1) is 17.7. The van der Waals surface area contributed by atoms with Crippen molar-refractivity contribution in [1.82, 2.24) is 9.80 Å². The van der Waals surface area contributed by atoms with E-state index < -0.39 is 15.8 Å². The summed E-state index contributed by atoms with van der Waals surface area (Å²) < 4.78 is 0. The van der Waals surface area contributed by atoms with Crippen LogP contribution in [-0.2, 0) is 0 Å². The first-order valence-corrected chi connectivity index (χ1v) is 15.4. The fourth-order valence-electron chi connectivity index (χ4n) is 4.39. The van der Waals surface area contributed by atoms with E-state index in [1.807, 2.05) is 107 Å². The van der Waals surface area contributed by atoms with Gasteiger partial charge in [-0.05, 0) is 50.7 Å². The quantitative estimate of drug-likeness (QED) is 0.329. The number of carbonyl (C=O) groups excluding carboxylic acids is 2. The highest BCUT2D eigenvalue weighted by Gasteiger charge is 2.32. The van der Waals surface area contributed by atoms with Crippen molar-refractivity contribution in [2.75, 3.05) is 25.1 Å². The van der Waals surface area contributed by atoms with Gasteiger partial charge in [-0.3, -0.25) is 9.59 Å². The number of rotatable bonds is 4. The third-order valence-corrected chi connectivity index (χ3v) is 11.0. The summed E-state index contributed by atoms with van der Waals surface area (Å²) in [5.41, 5.74) is 1.42. The normalized spacial score (nSPS) is 18.2. The van der Waals surface area contributed by atoms with Crippen molar-refractivity contribution >= 4 is 38.3 Å². The number of carbonyl (C=O) groups is 2. The van der Waals surface area contributed by atoms with Crippen LogP contribution in [0.4, 0.5) is 0 Å². The lowest BCUT2D eigenvalue weighted by atomic mass is 10.2. The summed E-state index contributed by atoms with van der Waals surface area (Å²) in [7, 11) is -1.60.